The van der Waals surface area contributed by atoms with Gasteiger partial charge in [0.05, 0.1) is 19.3 Å². The van der Waals surface area contributed by atoms with Crippen LogP contribution in [0.1, 0.15) is 11.3 Å². The summed E-state index contributed by atoms with van der Waals surface area (Å²) in [6.45, 7) is 1.13. The summed E-state index contributed by atoms with van der Waals surface area (Å²) in [7, 11) is 0. The quantitative estimate of drug-likeness (QED) is 0.471. The highest BCUT2D eigenvalue weighted by atomic mass is 19.1. The SMILES string of the molecule is Fc1cccc(Cn2cc(Cn3c4ccccc4c4ccccc43)nn2)c1. The molecular weight excluding hydrogens is 339 g/mol. The molecule has 0 spiro atoms. The van der Waals surface area contributed by atoms with Crippen molar-refractivity contribution in [3.05, 3.63) is 96.1 Å². The number of hydrogen-bond acceptors (Lipinski definition) is 2. The highest BCUT2D eigenvalue weighted by molar-refractivity contribution is 6.07. The Morgan fingerprint density at radius 1 is 0.778 bits per heavy atom. The zero-order valence-electron chi connectivity index (χ0n) is 14.6. The average Bonchev–Trinajstić information content (AvgIpc) is 3.25. The lowest BCUT2D eigenvalue weighted by Crippen LogP contribution is -2.01. The summed E-state index contributed by atoms with van der Waals surface area (Å²) in [5.41, 5.74) is 4.10. The number of hydrogen-bond donors (Lipinski definition) is 0. The van der Waals surface area contributed by atoms with Crippen LogP contribution in [-0.4, -0.2) is 19.6 Å². The van der Waals surface area contributed by atoms with Crippen molar-refractivity contribution in [3.8, 4) is 0 Å². The Morgan fingerprint density at radius 3 is 2.19 bits per heavy atom. The molecule has 0 unspecified atom stereocenters. The van der Waals surface area contributed by atoms with Crippen LogP contribution in [-0.2, 0) is 13.1 Å². The summed E-state index contributed by atoms with van der Waals surface area (Å²) in [4.78, 5) is 0. The van der Waals surface area contributed by atoms with Gasteiger partial charge >= 0.3 is 0 Å². The number of benzene rings is 3. The fraction of sp³-hybridized carbons (Fsp3) is 0.0909. The lowest BCUT2D eigenvalue weighted by atomic mass is 10.2. The first-order valence-electron chi connectivity index (χ1n) is 8.87. The summed E-state index contributed by atoms with van der Waals surface area (Å²) in [5, 5.41) is 11.0. The summed E-state index contributed by atoms with van der Waals surface area (Å²) in [6.07, 6.45) is 1.93. The summed E-state index contributed by atoms with van der Waals surface area (Å²) >= 11 is 0. The van der Waals surface area contributed by atoms with E-state index in [-0.39, 0.29) is 5.82 Å². The molecule has 5 aromatic rings. The molecular formula is C22H17FN4. The van der Waals surface area contributed by atoms with E-state index >= 15 is 0 Å². The van der Waals surface area contributed by atoms with Gasteiger partial charge in [-0.25, -0.2) is 9.07 Å². The maximum atomic E-state index is 13.4. The van der Waals surface area contributed by atoms with Crippen LogP contribution in [0.25, 0.3) is 21.8 Å². The van der Waals surface area contributed by atoms with Gasteiger partial charge in [0.25, 0.3) is 0 Å². The van der Waals surface area contributed by atoms with E-state index in [0.29, 0.717) is 13.1 Å². The minimum atomic E-state index is -0.238. The van der Waals surface area contributed by atoms with Crippen molar-refractivity contribution in [3.63, 3.8) is 0 Å². The standard InChI is InChI=1S/C22H17FN4/c23-17-7-5-6-16(12-17)13-26-14-18(24-25-26)15-27-21-10-3-1-8-19(21)20-9-2-4-11-22(20)27/h1-12,14H,13,15H2. The van der Waals surface area contributed by atoms with Gasteiger partial charge < -0.3 is 4.57 Å². The van der Waals surface area contributed by atoms with Gasteiger partial charge in [-0.05, 0) is 29.8 Å². The third kappa shape index (κ3) is 2.87. The molecule has 0 fully saturated rings. The second-order valence-corrected chi connectivity index (χ2v) is 6.66. The third-order valence-electron chi connectivity index (χ3n) is 4.82. The van der Waals surface area contributed by atoms with Gasteiger partial charge in [0.15, 0.2) is 0 Å². The van der Waals surface area contributed by atoms with Crippen LogP contribution in [0.2, 0.25) is 0 Å². The Labute approximate surface area is 155 Å². The van der Waals surface area contributed by atoms with E-state index in [9.17, 15) is 4.39 Å². The Bertz CT molecular complexity index is 1200. The van der Waals surface area contributed by atoms with Crippen molar-refractivity contribution in [2.75, 3.05) is 0 Å². The van der Waals surface area contributed by atoms with Gasteiger partial charge in [-0.15, -0.1) is 5.10 Å². The predicted molar refractivity (Wildman–Crippen MR) is 104 cm³/mol. The first-order valence-corrected chi connectivity index (χ1v) is 8.87. The number of para-hydroxylation sites is 2. The van der Waals surface area contributed by atoms with Crippen LogP contribution in [0, 0.1) is 5.82 Å². The molecule has 0 saturated heterocycles. The smallest absolute Gasteiger partial charge is 0.123 e. The zero-order chi connectivity index (χ0) is 18.2. The fourth-order valence-electron chi connectivity index (χ4n) is 3.65. The first kappa shape index (κ1) is 15.8. The lowest BCUT2D eigenvalue weighted by molar-refractivity contribution is 0.614. The van der Waals surface area contributed by atoms with Crippen LogP contribution in [0.5, 0.6) is 0 Å². The molecule has 5 heteroatoms. The van der Waals surface area contributed by atoms with E-state index in [4.69, 9.17) is 0 Å². The zero-order valence-corrected chi connectivity index (χ0v) is 14.6. The largest absolute Gasteiger partial charge is 0.334 e. The van der Waals surface area contributed by atoms with Crippen molar-refractivity contribution >= 4 is 21.8 Å². The molecule has 27 heavy (non-hydrogen) atoms. The minimum absolute atomic E-state index is 0.238. The van der Waals surface area contributed by atoms with Gasteiger partial charge in [0, 0.05) is 21.8 Å². The topological polar surface area (TPSA) is 35.6 Å². The van der Waals surface area contributed by atoms with E-state index in [1.165, 1.54) is 33.9 Å². The van der Waals surface area contributed by atoms with Crippen LogP contribution in [0.4, 0.5) is 4.39 Å². The molecule has 0 atom stereocenters. The van der Waals surface area contributed by atoms with Gasteiger partial charge in [0.1, 0.15) is 11.5 Å². The lowest BCUT2D eigenvalue weighted by Gasteiger charge is -2.04. The third-order valence-corrected chi connectivity index (χ3v) is 4.82. The number of aromatic nitrogens is 4. The first-order chi connectivity index (χ1) is 13.3. The highest BCUT2D eigenvalue weighted by Crippen LogP contribution is 2.29. The van der Waals surface area contributed by atoms with E-state index in [0.717, 1.165) is 11.3 Å². The molecule has 0 bridgehead atoms. The van der Waals surface area contributed by atoms with Crippen LogP contribution < -0.4 is 0 Å². The fourth-order valence-corrected chi connectivity index (χ4v) is 3.65. The summed E-state index contributed by atoms with van der Waals surface area (Å²) < 4.78 is 17.4. The van der Waals surface area contributed by atoms with Gasteiger partial charge in [-0.1, -0.05) is 53.7 Å². The van der Waals surface area contributed by atoms with Crippen molar-refractivity contribution in [1.29, 1.82) is 0 Å². The molecule has 0 aliphatic rings. The second-order valence-electron chi connectivity index (χ2n) is 6.66. The van der Waals surface area contributed by atoms with Crippen LogP contribution in [0.3, 0.4) is 0 Å². The molecule has 132 valence electrons. The Morgan fingerprint density at radius 2 is 1.48 bits per heavy atom. The van der Waals surface area contributed by atoms with E-state index in [1.54, 1.807) is 10.7 Å². The summed E-state index contributed by atoms with van der Waals surface area (Å²) in [6, 6.07) is 23.4. The average molecular weight is 356 g/mol. The number of rotatable bonds is 4. The molecule has 5 rings (SSSR count). The molecule has 0 aliphatic heterocycles. The normalized spacial score (nSPS) is 11.4. The van der Waals surface area contributed by atoms with E-state index in [1.807, 2.05) is 12.3 Å². The molecule has 0 aliphatic carbocycles. The Hall–Kier alpha value is -3.47. The predicted octanol–water partition coefficient (Wildman–Crippen LogP) is 4.62. The molecule has 0 radical (unpaired) electrons. The molecule has 0 amide bonds. The monoisotopic (exact) mass is 356 g/mol. The van der Waals surface area contributed by atoms with Crippen LogP contribution >= 0.6 is 0 Å². The van der Waals surface area contributed by atoms with Crippen molar-refractivity contribution in [1.82, 2.24) is 19.6 Å². The number of halogens is 1. The van der Waals surface area contributed by atoms with Gasteiger partial charge in [-0.3, -0.25) is 0 Å². The van der Waals surface area contributed by atoms with Gasteiger partial charge in [0.2, 0.25) is 0 Å². The van der Waals surface area contributed by atoms with Crippen molar-refractivity contribution in [2.45, 2.75) is 13.1 Å². The summed E-state index contributed by atoms with van der Waals surface area (Å²) in [5.74, 6) is -0.238. The highest BCUT2D eigenvalue weighted by Gasteiger charge is 2.11. The molecule has 3 aromatic carbocycles. The van der Waals surface area contributed by atoms with E-state index in [2.05, 4.69) is 63.4 Å². The molecule has 2 aromatic heterocycles. The van der Waals surface area contributed by atoms with Crippen molar-refractivity contribution < 1.29 is 4.39 Å². The maximum absolute atomic E-state index is 13.4. The van der Waals surface area contributed by atoms with E-state index < -0.39 is 0 Å². The van der Waals surface area contributed by atoms with Gasteiger partial charge in [-0.2, -0.15) is 0 Å². The minimum Gasteiger partial charge on any atom is -0.334 e. The number of nitrogens with zero attached hydrogens (tertiary/aromatic N) is 4. The second kappa shape index (κ2) is 6.36. The maximum Gasteiger partial charge on any atom is 0.123 e. The Kier molecular flexibility index (Phi) is 3.71. The van der Waals surface area contributed by atoms with Crippen molar-refractivity contribution in [2.24, 2.45) is 0 Å². The molecule has 2 heterocycles. The molecule has 4 nitrogen and oxygen atoms in total. The van der Waals surface area contributed by atoms with Crippen LogP contribution in [0.15, 0.2) is 79.0 Å². The number of fused-ring (bicyclic) bond motifs is 3. The Balaban J connectivity index is 1.50. The molecule has 0 N–H and O–H groups in total. The molecule has 0 saturated carbocycles.